The van der Waals surface area contributed by atoms with Crippen LogP contribution in [0, 0.1) is 0 Å². The van der Waals surface area contributed by atoms with Crippen LogP contribution in [0.25, 0.3) is 67.7 Å². The molecular formula is C41H34N4Si. The summed E-state index contributed by atoms with van der Waals surface area (Å²) >= 11 is 0. The average molecular weight is 611 g/mol. The molecular weight excluding hydrogens is 577 g/mol. The second-order valence-corrected chi connectivity index (χ2v) is 17.5. The number of rotatable bonds is 7. The lowest BCUT2D eigenvalue weighted by molar-refractivity contribution is 1.07. The summed E-state index contributed by atoms with van der Waals surface area (Å²) in [4.78, 5) is 19.5. The van der Waals surface area contributed by atoms with Crippen molar-refractivity contribution in [1.29, 1.82) is 0 Å². The van der Waals surface area contributed by atoms with Gasteiger partial charge in [0.05, 0.1) is 13.8 Å². The fraction of sp³-hybridized carbons (Fsp3) is 0.0732. The van der Waals surface area contributed by atoms with Crippen LogP contribution in [0.4, 0.5) is 0 Å². The number of pyridine rings is 1. The molecule has 7 aromatic rings. The predicted molar refractivity (Wildman–Crippen MR) is 193 cm³/mol. The minimum absolute atomic E-state index is 0.644. The van der Waals surface area contributed by atoms with Crippen molar-refractivity contribution in [2.45, 2.75) is 19.6 Å². The molecule has 0 aliphatic heterocycles. The van der Waals surface area contributed by atoms with Crippen LogP contribution in [0.2, 0.25) is 19.6 Å². The van der Waals surface area contributed by atoms with Crippen molar-refractivity contribution < 1.29 is 0 Å². The first kappa shape index (κ1) is 29.2. The molecule has 5 heteroatoms. The molecule has 2 aromatic heterocycles. The average Bonchev–Trinajstić information content (AvgIpc) is 3.12. The van der Waals surface area contributed by atoms with Gasteiger partial charge in [0, 0.05) is 28.5 Å². The summed E-state index contributed by atoms with van der Waals surface area (Å²) in [6.07, 6.45) is 2.06. The molecule has 0 aliphatic rings. The fourth-order valence-electron chi connectivity index (χ4n) is 5.52. The third kappa shape index (κ3) is 6.32. The Labute approximate surface area is 271 Å². The van der Waals surface area contributed by atoms with Gasteiger partial charge in [0.2, 0.25) is 0 Å². The maximum absolute atomic E-state index is 4.93. The van der Waals surface area contributed by atoms with Gasteiger partial charge >= 0.3 is 0 Å². The topological polar surface area (TPSA) is 51.6 Å². The second-order valence-electron chi connectivity index (χ2n) is 12.5. The third-order valence-corrected chi connectivity index (χ3v) is 10.2. The number of hydrogen-bond donors (Lipinski definition) is 0. The highest BCUT2D eigenvalue weighted by atomic mass is 28.3. The summed E-state index contributed by atoms with van der Waals surface area (Å²) in [7, 11) is -1.40. The van der Waals surface area contributed by atoms with E-state index in [1.807, 2.05) is 60.7 Å². The normalized spacial score (nSPS) is 11.4. The first-order valence-corrected chi connectivity index (χ1v) is 19.1. The molecule has 222 valence electrons. The largest absolute Gasteiger partial charge is 0.256 e. The predicted octanol–water partition coefficient (Wildman–Crippen LogP) is 9.81. The summed E-state index contributed by atoms with van der Waals surface area (Å²) in [5, 5.41) is 1.37. The van der Waals surface area contributed by atoms with Gasteiger partial charge in [-0.2, -0.15) is 0 Å². The van der Waals surface area contributed by atoms with Crippen molar-refractivity contribution in [3.63, 3.8) is 0 Å². The smallest absolute Gasteiger partial charge is 0.164 e. The quantitative estimate of drug-likeness (QED) is 0.169. The van der Waals surface area contributed by atoms with E-state index < -0.39 is 8.07 Å². The summed E-state index contributed by atoms with van der Waals surface area (Å²) in [5.41, 5.74) is 9.50. The van der Waals surface area contributed by atoms with Gasteiger partial charge in [-0.1, -0.05) is 141 Å². The van der Waals surface area contributed by atoms with Crippen molar-refractivity contribution in [3.05, 3.63) is 152 Å². The van der Waals surface area contributed by atoms with Crippen molar-refractivity contribution in [3.8, 4) is 67.7 Å². The minimum atomic E-state index is -1.40. The van der Waals surface area contributed by atoms with Gasteiger partial charge in [-0.15, -0.1) is 0 Å². The summed E-state index contributed by atoms with van der Waals surface area (Å²) in [6, 6.07) is 50.3. The van der Waals surface area contributed by atoms with E-state index in [-0.39, 0.29) is 0 Å². The standard InChI is InChI=1S/C41H34N4Si/c1-46(2,3)37-23-24-38(42-28-37)35-21-11-19-33(26-35)31-17-10-18-32(25-31)34-20-12-22-36(27-34)41-44-39(29-13-6-4-7-14-29)43-40(45-41)30-15-8-5-9-16-30/h4-28H,1-3H3. The lowest BCUT2D eigenvalue weighted by Crippen LogP contribution is -2.37. The summed E-state index contributed by atoms with van der Waals surface area (Å²) in [6.45, 7) is 7.04. The highest BCUT2D eigenvalue weighted by molar-refractivity contribution is 6.88. The molecule has 0 N–H and O–H groups in total. The van der Waals surface area contributed by atoms with Gasteiger partial charge in [0.15, 0.2) is 17.5 Å². The fourth-order valence-corrected chi connectivity index (χ4v) is 6.56. The molecule has 0 bridgehead atoms. The van der Waals surface area contributed by atoms with Crippen molar-refractivity contribution in [1.82, 2.24) is 19.9 Å². The van der Waals surface area contributed by atoms with E-state index in [9.17, 15) is 0 Å². The van der Waals surface area contributed by atoms with Crippen LogP contribution in [-0.2, 0) is 0 Å². The molecule has 0 amide bonds. The molecule has 0 aliphatic carbocycles. The Hall–Kier alpha value is -5.52. The molecule has 0 unspecified atom stereocenters. The second kappa shape index (κ2) is 12.5. The summed E-state index contributed by atoms with van der Waals surface area (Å²) < 4.78 is 0. The van der Waals surface area contributed by atoms with Gasteiger partial charge < -0.3 is 0 Å². The molecule has 7 rings (SSSR count). The molecule has 46 heavy (non-hydrogen) atoms. The van der Waals surface area contributed by atoms with E-state index in [4.69, 9.17) is 19.9 Å². The lowest BCUT2D eigenvalue weighted by atomic mass is 9.96. The first-order valence-electron chi connectivity index (χ1n) is 15.6. The van der Waals surface area contributed by atoms with Crippen LogP contribution in [0.3, 0.4) is 0 Å². The van der Waals surface area contributed by atoms with Crippen LogP contribution in [0.5, 0.6) is 0 Å². The highest BCUT2D eigenvalue weighted by Gasteiger charge is 2.17. The van der Waals surface area contributed by atoms with Crippen LogP contribution in [-0.4, -0.2) is 28.0 Å². The first-order chi connectivity index (χ1) is 22.4. The van der Waals surface area contributed by atoms with E-state index in [2.05, 4.69) is 111 Å². The number of aromatic nitrogens is 4. The monoisotopic (exact) mass is 610 g/mol. The van der Waals surface area contributed by atoms with Gasteiger partial charge in [0.1, 0.15) is 0 Å². The molecule has 0 fully saturated rings. The summed E-state index contributed by atoms with van der Waals surface area (Å²) in [5.74, 6) is 1.95. The van der Waals surface area contributed by atoms with Crippen molar-refractivity contribution in [2.24, 2.45) is 0 Å². The van der Waals surface area contributed by atoms with E-state index in [0.717, 1.165) is 50.2 Å². The number of hydrogen-bond acceptors (Lipinski definition) is 4. The Bertz CT molecular complexity index is 2060. The molecule has 0 radical (unpaired) electrons. The Kier molecular flexibility index (Phi) is 7.91. The SMILES string of the molecule is C[Si](C)(C)c1ccc(-c2cccc(-c3cccc(-c4cccc(-c5nc(-c6ccccc6)nc(-c6ccccc6)n5)c4)c3)c2)nc1. The van der Waals surface area contributed by atoms with Gasteiger partial charge in [-0.3, -0.25) is 4.98 Å². The zero-order valence-electron chi connectivity index (χ0n) is 26.2. The van der Waals surface area contributed by atoms with Crippen LogP contribution in [0.15, 0.2) is 152 Å². The molecule has 0 spiro atoms. The maximum atomic E-state index is 4.93. The third-order valence-electron chi connectivity index (χ3n) is 8.14. The molecule has 2 heterocycles. The van der Waals surface area contributed by atoms with Crippen LogP contribution in [0.1, 0.15) is 0 Å². The van der Waals surface area contributed by atoms with Crippen molar-refractivity contribution in [2.75, 3.05) is 0 Å². The molecule has 0 saturated heterocycles. The van der Waals surface area contributed by atoms with Crippen LogP contribution < -0.4 is 5.19 Å². The Morgan fingerprint density at radius 3 is 1.22 bits per heavy atom. The van der Waals surface area contributed by atoms with Gasteiger partial charge in [-0.05, 0) is 51.7 Å². The molecule has 5 aromatic carbocycles. The number of nitrogens with zero attached hydrogens (tertiary/aromatic N) is 4. The molecule has 0 atom stereocenters. The van der Waals surface area contributed by atoms with Gasteiger partial charge in [0.25, 0.3) is 0 Å². The van der Waals surface area contributed by atoms with E-state index in [1.54, 1.807) is 0 Å². The van der Waals surface area contributed by atoms with Crippen molar-refractivity contribution >= 4 is 13.3 Å². The number of benzene rings is 5. The minimum Gasteiger partial charge on any atom is -0.256 e. The highest BCUT2D eigenvalue weighted by Crippen LogP contribution is 2.32. The maximum Gasteiger partial charge on any atom is 0.164 e. The Morgan fingerprint density at radius 2 is 0.761 bits per heavy atom. The van der Waals surface area contributed by atoms with E-state index >= 15 is 0 Å². The Balaban J connectivity index is 1.23. The van der Waals surface area contributed by atoms with E-state index in [0.29, 0.717) is 17.5 Å². The van der Waals surface area contributed by atoms with Gasteiger partial charge in [-0.25, -0.2) is 15.0 Å². The zero-order valence-corrected chi connectivity index (χ0v) is 27.2. The zero-order chi connectivity index (χ0) is 31.5. The lowest BCUT2D eigenvalue weighted by Gasteiger charge is -2.16. The van der Waals surface area contributed by atoms with E-state index in [1.165, 1.54) is 5.19 Å². The van der Waals surface area contributed by atoms with Crippen LogP contribution >= 0.6 is 0 Å². The Morgan fingerprint density at radius 1 is 0.370 bits per heavy atom. The molecule has 0 saturated carbocycles. The molecule has 4 nitrogen and oxygen atoms in total.